The fourth-order valence-corrected chi connectivity index (χ4v) is 3.69. The van der Waals surface area contributed by atoms with Gasteiger partial charge >= 0.3 is 5.97 Å². The number of amides is 1. The zero-order chi connectivity index (χ0) is 19.6. The largest absolute Gasteiger partial charge is 0.465 e. The molecule has 0 atom stereocenters. The third kappa shape index (κ3) is 3.88. The number of hydrogen-bond acceptors (Lipinski definition) is 4. The zero-order valence-corrected chi connectivity index (χ0v) is 15.3. The van der Waals surface area contributed by atoms with Gasteiger partial charge in [0.25, 0.3) is 5.91 Å². The highest BCUT2D eigenvalue weighted by Gasteiger charge is 2.19. The van der Waals surface area contributed by atoms with E-state index in [-0.39, 0.29) is 0 Å². The lowest BCUT2D eigenvalue weighted by molar-refractivity contribution is 0.0600. The van der Waals surface area contributed by atoms with Gasteiger partial charge in [-0.25, -0.2) is 13.6 Å². The molecule has 3 rings (SSSR count). The van der Waals surface area contributed by atoms with E-state index in [1.165, 1.54) is 24.5 Å². The summed E-state index contributed by atoms with van der Waals surface area (Å²) in [6.45, 7) is 1.84. The number of methoxy groups -OCH3 is 1. The van der Waals surface area contributed by atoms with E-state index >= 15 is 0 Å². The quantitative estimate of drug-likeness (QED) is 0.638. The molecule has 1 N–H and O–H groups in total. The summed E-state index contributed by atoms with van der Waals surface area (Å²) in [6, 6.07) is 11.9. The minimum Gasteiger partial charge on any atom is -0.465 e. The highest BCUT2D eigenvalue weighted by molar-refractivity contribution is 7.19. The lowest BCUT2D eigenvalue weighted by atomic mass is 10.1. The summed E-state index contributed by atoms with van der Waals surface area (Å²) < 4.78 is 32.3. The number of benzene rings is 2. The van der Waals surface area contributed by atoms with Crippen LogP contribution in [-0.2, 0) is 4.74 Å². The normalized spacial score (nSPS) is 10.5. The Kier molecular flexibility index (Phi) is 5.32. The summed E-state index contributed by atoms with van der Waals surface area (Å²) >= 11 is 1.25. The monoisotopic (exact) mass is 387 g/mol. The molecule has 0 fully saturated rings. The van der Waals surface area contributed by atoms with Crippen molar-refractivity contribution in [1.82, 2.24) is 0 Å². The van der Waals surface area contributed by atoms with Crippen LogP contribution in [0.3, 0.4) is 0 Å². The van der Waals surface area contributed by atoms with Gasteiger partial charge < -0.3 is 10.1 Å². The summed E-state index contributed by atoms with van der Waals surface area (Å²) in [7, 11) is 1.31. The molecule has 0 bridgehead atoms. The second kappa shape index (κ2) is 7.67. The van der Waals surface area contributed by atoms with Crippen LogP contribution < -0.4 is 5.32 Å². The molecule has 2 aromatic carbocycles. The van der Waals surface area contributed by atoms with Gasteiger partial charge in [-0.3, -0.25) is 4.79 Å². The number of carbonyl (C=O) groups excluding carboxylic acids is 2. The van der Waals surface area contributed by atoms with Crippen molar-refractivity contribution in [3.8, 4) is 10.4 Å². The molecule has 1 heterocycles. The van der Waals surface area contributed by atoms with Crippen LogP contribution in [0.1, 0.15) is 26.3 Å². The van der Waals surface area contributed by atoms with Crippen LogP contribution in [0.15, 0.2) is 48.5 Å². The van der Waals surface area contributed by atoms with Crippen LogP contribution in [0.4, 0.5) is 13.8 Å². The molecule has 1 amide bonds. The molecule has 27 heavy (non-hydrogen) atoms. The lowest BCUT2D eigenvalue weighted by Gasteiger charge is -2.05. The summed E-state index contributed by atoms with van der Waals surface area (Å²) in [4.78, 5) is 24.8. The molecule has 0 aliphatic rings. The van der Waals surface area contributed by atoms with Gasteiger partial charge in [0.15, 0.2) is 0 Å². The molecule has 0 unspecified atom stereocenters. The van der Waals surface area contributed by atoms with E-state index in [4.69, 9.17) is 4.74 Å². The molecular formula is C20H15F2NO3S. The molecule has 4 nitrogen and oxygen atoms in total. The number of esters is 1. The van der Waals surface area contributed by atoms with Crippen LogP contribution in [0, 0.1) is 18.6 Å². The topological polar surface area (TPSA) is 55.4 Å². The lowest BCUT2D eigenvalue weighted by Crippen LogP contribution is -2.15. The van der Waals surface area contributed by atoms with Crippen molar-refractivity contribution >= 4 is 28.2 Å². The zero-order valence-electron chi connectivity index (χ0n) is 14.5. The molecule has 0 aliphatic heterocycles. The third-order valence-corrected chi connectivity index (χ3v) is 5.09. The number of nitrogens with one attached hydrogen (secondary N) is 1. The summed E-state index contributed by atoms with van der Waals surface area (Å²) in [5.41, 5.74) is 1.41. The Labute approximate surface area is 158 Å². The van der Waals surface area contributed by atoms with E-state index in [1.54, 1.807) is 24.3 Å². The van der Waals surface area contributed by atoms with Crippen molar-refractivity contribution in [2.24, 2.45) is 0 Å². The Morgan fingerprint density at radius 2 is 1.70 bits per heavy atom. The van der Waals surface area contributed by atoms with Crippen molar-refractivity contribution in [3.05, 3.63) is 76.9 Å². The maximum absolute atomic E-state index is 13.8. The van der Waals surface area contributed by atoms with Gasteiger partial charge in [-0.2, -0.15) is 0 Å². The van der Waals surface area contributed by atoms with Gasteiger partial charge in [0, 0.05) is 4.88 Å². The summed E-state index contributed by atoms with van der Waals surface area (Å²) in [5.74, 6) is -3.16. The Bertz CT molecular complexity index is 1010. The van der Waals surface area contributed by atoms with E-state index in [9.17, 15) is 18.4 Å². The molecule has 0 radical (unpaired) electrons. The summed E-state index contributed by atoms with van der Waals surface area (Å²) in [5, 5.41) is 2.97. The average Bonchev–Trinajstić information content (AvgIpc) is 3.01. The molecule has 0 saturated heterocycles. The van der Waals surface area contributed by atoms with Crippen molar-refractivity contribution in [1.29, 1.82) is 0 Å². The number of halogens is 2. The van der Waals surface area contributed by atoms with Crippen molar-refractivity contribution in [3.63, 3.8) is 0 Å². The van der Waals surface area contributed by atoms with Crippen molar-refractivity contribution < 1.29 is 23.1 Å². The first kappa shape index (κ1) is 18.7. The maximum Gasteiger partial charge on any atom is 0.337 e. The van der Waals surface area contributed by atoms with E-state index < -0.39 is 29.1 Å². The number of aryl methyl sites for hydroxylation is 1. The Morgan fingerprint density at radius 1 is 1.04 bits per heavy atom. The molecule has 1 aromatic heterocycles. The second-order valence-electron chi connectivity index (χ2n) is 5.75. The Morgan fingerprint density at radius 3 is 2.37 bits per heavy atom. The minimum atomic E-state index is -0.924. The predicted octanol–water partition coefficient (Wildman–Crippen LogP) is 5.04. The molecule has 0 saturated carbocycles. The van der Waals surface area contributed by atoms with Gasteiger partial charge in [-0.1, -0.05) is 18.2 Å². The smallest absolute Gasteiger partial charge is 0.337 e. The molecule has 0 spiro atoms. The SMILES string of the molecule is COC(=O)c1cccc(-c2sc(NC(=O)c3c(F)cccc3F)cc2C)c1. The number of anilines is 1. The number of ether oxygens (including phenoxy) is 1. The minimum absolute atomic E-state index is 0.404. The first-order chi connectivity index (χ1) is 12.9. The average molecular weight is 387 g/mol. The van der Waals surface area contributed by atoms with E-state index in [2.05, 4.69) is 5.32 Å². The van der Waals surface area contributed by atoms with Gasteiger partial charge in [-0.15, -0.1) is 11.3 Å². The van der Waals surface area contributed by atoms with Crippen LogP contribution in [0.2, 0.25) is 0 Å². The molecule has 7 heteroatoms. The van der Waals surface area contributed by atoms with Crippen LogP contribution in [-0.4, -0.2) is 19.0 Å². The Hall–Kier alpha value is -3.06. The molecule has 3 aromatic rings. The third-order valence-electron chi connectivity index (χ3n) is 3.89. The fraction of sp³-hybridized carbons (Fsp3) is 0.100. The fourth-order valence-electron chi connectivity index (χ4n) is 2.62. The van der Waals surface area contributed by atoms with E-state index in [0.717, 1.165) is 28.1 Å². The summed E-state index contributed by atoms with van der Waals surface area (Å²) in [6.07, 6.45) is 0. The van der Waals surface area contributed by atoms with Crippen molar-refractivity contribution in [2.75, 3.05) is 12.4 Å². The standard InChI is InChI=1S/C20H15F2NO3S/c1-11-9-16(23-19(24)17-14(21)7-4-8-15(17)22)27-18(11)12-5-3-6-13(10-12)20(25)26-2/h3-10H,1-2H3,(H,23,24). The van der Waals surface area contributed by atoms with Gasteiger partial charge in [0.2, 0.25) is 0 Å². The molecule has 138 valence electrons. The highest BCUT2D eigenvalue weighted by atomic mass is 32.1. The van der Waals surface area contributed by atoms with E-state index in [0.29, 0.717) is 10.6 Å². The van der Waals surface area contributed by atoms with Crippen molar-refractivity contribution in [2.45, 2.75) is 6.92 Å². The van der Waals surface area contributed by atoms with Crippen LogP contribution in [0.5, 0.6) is 0 Å². The number of rotatable bonds is 4. The second-order valence-corrected chi connectivity index (χ2v) is 6.80. The van der Waals surface area contributed by atoms with Crippen LogP contribution in [0.25, 0.3) is 10.4 Å². The number of hydrogen-bond donors (Lipinski definition) is 1. The maximum atomic E-state index is 13.8. The number of carbonyl (C=O) groups is 2. The van der Waals surface area contributed by atoms with Crippen LogP contribution >= 0.6 is 11.3 Å². The first-order valence-electron chi connectivity index (χ1n) is 7.95. The van der Waals surface area contributed by atoms with Gasteiger partial charge in [0.05, 0.1) is 17.7 Å². The number of thiophene rings is 1. The molecular weight excluding hydrogens is 372 g/mol. The first-order valence-corrected chi connectivity index (χ1v) is 8.77. The highest BCUT2D eigenvalue weighted by Crippen LogP contribution is 2.36. The van der Waals surface area contributed by atoms with Gasteiger partial charge in [0.1, 0.15) is 17.2 Å². The van der Waals surface area contributed by atoms with Gasteiger partial charge in [-0.05, 0) is 48.4 Å². The Balaban J connectivity index is 1.89. The molecule has 0 aliphatic carbocycles. The predicted molar refractivity (Wildman–Crippen MR) is 100 cm³/mol. The van der Waals surface area contributed by atoms with E-state index in [1.807, 2.05) is 13.0 Å².